The molecule has 0 radical (unpaired) electrons. The van der Waals surface area contributed by atoms with Gasteiger partial charge in [0.2, 0.25) is 0 Å². The van der Waals surface area contributed by atoms with Crippen molar-refractivity contribution in [3.8, 4) is 0 Å². The fraction of sp³-hybridized carbons (Fsp3) is 0.182. The molecule has 14 heavy (non-hydrogen) atoms. The van der Waals surface area contributed by atoms with Gasteiger partial charge in [0, 0.05) is 24.0 Å². The number of halogens is 1. The Hall–Kier alpha value is -1.09. The van der Waals surface area contributed by atoms with Crippen LogP contribution in [-0.4, -0.2) is 4.57 Å². The van der Waals surface area contributed by atoms with Gasteiger partial charge in [-0.05, 0) is 23.1 Å². The highest BCUT2D eigenvalue weighted by Crippen LogP contribution is 2.13. The molecule has 1 heterocycles. The van der Waals surface area contributed by atoms with Crippen molar-refractivity contribution in [3.63, 3.8) is 0 Å². The lowest BCUT2D eigenvalue weighted by molar-refractivity contribution is 0.873. The van der Waals surface area contributed by atoms with Gasteiger partial charge in [0.05, 0.1) is 0 Å². The molecule has 2 rings (SSSR count). The Bertz CT molecular complexity index is 530. The summed E-state index contributed by atoms with van der Waals surface area (Å²) in [5, 5.41) is 2.56. The van der Waals surface area contributed by atoms with Crippen LogP contribution in [0.1, 0.15) is 5.56 Å². The summed E-state index contributed by atoms with van der Waals surface area (Å²) in [5.74, 6) is 0. The van der Waals surface area contributed by atoms with E-state index in [1.54, 1.807) is 17.8 Å². The van der Waals surface area contributed by atoms with Gasteiger partial charge in [-0.1, -0.05) is 28.1 Å². The molecule has 72 valence electrons. The number of fused-ring (bicyclic) bond motifs is 1. The molecular formula is C11H10BrNO. The number of rotatable bonds is 1. The SMILES string of the molecule is Cn1ccc2ccc(CBr)cc2c1=O. The van der Waals surface area contributed by atoms with E-state index in [0.717, 1.165) is 21.7 Å². The van der Waals surface area contributed by atoms with E-state index < -0.39 is 0 Å². The lowest BCUT2D eigenvalue weighted by atomic mass is 10.1. The molecule has 0 bridgehead atoms. The minimum atomic E-state index is 0.0605. The summed E-state index contributed by atoms with van der Waals surface area (Å²) in [7, 11) is 1.77. The second-order valence-corrected chi connectivity index (χ2v) is 3.85. The van der Waals surface area contributed by atoms with Crippen LogP contribution in [0.4, 0.5) is 0 Å². The maximum Gasteiger partial charge on any atom is 0.258 e. The van der Waals surface area contributed by atoms with Crippen molar-refractivity contribution in [3.05, 3.63) is 46.4 Å². The highest BCUT2D eigenvalue weighted by molar-refractivity contribution is 9.08. The van der Waals surface area contributed by atoms with Crippen LogP contribution >= 0.6 is 15.9 Å². The Morgan fingerprint density at radius 2 is 2.14 bits per heavy atom. The lowest BCUT2D eigenvalue weighted by Crippen LogP contribution is -2.15. The minimum Gasteiger partial charge on any atom is -0.318 e. The van der Waals surface area contributed by atoms with Gasteiger partial charge in [0.25, 0.3) is 5.56 Å². The Balaban J connectivity index is 2.85. The van der Waals surface area contributed by atoms with Crippen molar-refractivity contribution >= 4 is 26.7 Å². The summed E-state index contributed by atoms with van der Waals surface area (Å²) in [6.07, 6.45) is 1.79. The molecule has 0 unspecified atom stereocenters. The maximum atomic E-state index is 11.7. The monoisotopic (exact) mass is 251 g/mol. The summed E-state index contributed by atoms with van der Waals surface area (Å²) in [5.41, 5.74) is 1.19. The Labute approximate surface area is 90.3 Å². The van der Waals surface area contributed by atoms with Crippen LogP contribution in [0.15, 0.2) is 35.3 Å². The molecule has 2 nitrogen and oxygen atoms in total. The molecule has 0 fully saturated rings. The van der Waals surface area contributed by atoms with Crippen molar-refractivity contribution in [1.29, 1.82) is 0 Å². The zero-order valence-corrected chi connectivity index (χ0v) is 9.41. The van der Waals surface area contributed by atoms with Gasteiger partial charge in [0.1, 0.15) is 0 Å². The van der Waals surface area contributed by atoms with Crippen molar-refractivity contribution in [2.75, 3.05) is 0 Å². The molecule has 0 saturated heterocycles. The number of benzene rings is 1. The molecule has 0 amide bonds. The highest BCUT2D eigenvalue weighted by Gasteiger charge is 2.00. The number of aromatic nitrogens is 1. The number of hydrogen-bond acceptors (Lipinski definition) is 1. The van der Waals surface area contributed by atoms with E-state index in [4.69, 9.17) is 0 Å². The molecular weight excluding hydrogens is 242 g/mol. The van der Waals surface area contributed by atoms with Gasteiger partial charge in [-0.3, -0.25) is 4.79 Å². The summed E-state index contributed by atoms with van der Waals surface area (Å²) in [4.78, 5) is 11.7. The number of pyridine rings is 1. The summed E-state index contributed by atoms with van der Waals surface area (Å²) in [6.45, 7) is 0. The quantitative estimate of drug-likeness (QED) is 0.714. The van der Waals surface area contributed by atoms with Crippen molar-refractivity contribution in [2.45, 2.75) is 5.33 Å². The van der Waals surface area contributed by atoms with Crippen molar-refractivity contribution in [1.82, 2.24) is 4.57 Å². The van der Waals surface area contributed by atoms with Gasteiger partial charge in [0.15, 0.2) is 0 Å². The topological polar surface area (TPSA) is 22.0 Å². The summed E-state index contributed by atoms with van der Waals surface area (Å²) < 4.78 is 1.60. The molecule has 3 heteroatoms. The van der Waals surface area contributed by atoms with E-state index in [1.165, 1.54) is 0 Å². The predicted octanol–water partition coefficient (Wildman–Crippen LogP) is 2.43. The zero-order valence-electron chi connectivity index (χ0n) is 7.83. The number of alkyl halides is 1. The molecule has 1 aromatic carbocycles. The van der Waals surface area contributed by atoms with Crippen LogP contribution in [0.25, 0.3) is 10.8 Å². The minimum absolute atomic E-state index is 0.0605. The van der Waals surface area contributed by atoms with Crippen LogP contribution in [0.2, 0.25) is 0 Å². The van der Waals surface area contributed by atoms with Gasteiger partial charge in [-0.25, -0.2) is 0 Å². The van der Waals surface area contributed by atoms with Crippen LogP contribution < -0.4 is 5.56 Å². The van der Waals surface area contributed by atoms with Crippen molar-refractivity contribution in [2.24, 2.45) is 7.05 Å². The molecule has 0 saturated carbocycles. The molecule has 1 aromatic heterocycles. The largest absolute Gasteiger partial charge is 0.318 e. The fourth-order valence-electron chi connectivity index (χ4n) is 1.47. The highest BCUT2D eigenvalue weighted by atomic mass is 79.9. The fourth-order valence-corrected chi connectivity index (χ4v) is 1.82. The molecule has 0 aliphatic rings. The summed E-state index contributed by atoms with van der Waals surface area (Å²) >= 11 is 3.38. The lowest BCUT2D eigenvalue weighted by Gasteiger charge is -2.02. The Morgan fingerprint density at radius 1 is 1.36 bits per heavy atom. The first kappa shape index (κ1) is 9.46. The molecule has 0 aliphatic carbocycles. The van der Waals surface area contributed by atoms with E-state index in [0.29, 0.717) is 0 Å². The number of nitrogens with zero attached hydrogens (tertiary/aromatic N) is 1. The first-order valence-corrected chi connectivity index (χ1v) is 5.49. The summed E-state index contributed by atoms with van der Waals surface area (Å²) in [6, 6.07) is 7.89. The zero-order chi connectivity index (χ0) is 10.1. The molecule has 0 atom stereocenters. The second kappa shape index (κ2) is 3.58. The number of aryl methyl sites for hydroxylation is 1. The average Bonchev–Trinajstić information content (AvgIpc) is 2.23. The predicted molar refractivity (Wildman–Crippen MR) is 61.8 cm³/mol. The van der Waals surface area contributed by atoms with E-state index in [9.17, 15) is 4.79 Å². The Kier molecular flexibility index (Phi) is 2.42. The van der Waals surface area contributed by atoms with Gasteiger partial charge < -0.3 is 4.57 Å². The van der Waals surface area contributed by atoms with E-state index in [-0.39, 0.29) is 5.56 Å². The van der Waals surface area contributed by atoms with Gasteiger partial charge in [-0.15, -0.1) is 0 Å². The van der Waals surface area contributed by atoms with Gasteiger partial charge >= 0.3 is 0 Å². The molecule has 2 aromatic rings. The molecule has 0 aliphatic heterocycles. The third-order valence-corrected chi connectivity index (χ3v) is 2.95. The van der Waals surface area contributed by atoms with Crippen molar-refractivity contribution < 1.29 is 0 Å². The van der Waals surface area contributed by atoms with E-state index >= 15 is 0 Å². The van der Waals surface area contributed by atoms with Crippen LogP contribution in [0.3, 0.4) is 0 Å². The first-order valence-electron chi connectivity index (χ1n) is 4.36. The smallest absolute Gasteiger partial charge is 0.258 e. The third-order valence-electron chi connectivity index (χ3n) is 2.30. The standard InChI is InChI=1S/C11H10BrNO/c1-13-5-4-9-3-2-8(7-12)6-10(9)11(13)14/h2-6H,7H2,1H3. The normalized spacial score (nSPS) is 10.7. The van der Waals surface area contributed by atoms with Crippen LogP contribution in [0.5, 0.6) is 0 Å². The average molecular weight is 252 g/mol. The van der Waals surface area contributed by atoms with Crippen LogP contribution in [-0.2, 0) is 12.4 Å². The second-order valence-electron chi connectivity index (χ2n) is 3.29. The maximum absolute atomic E-state index is 11.7. The Morgan fingerprint density at radius 3 is 2.86 bits per heavy atom. The van der Waals surface area contributed by atoms with Crippen LogP contribution in [0, 0.1) is 0 Å². The number of hydrogen-bond donors (Lipinski definition) is 0. The van der Waals surface area contributed by atoms with E-state index in [1.807, 2.05) is 24.3 Å². The molecule has 0 spiro atoms. The first-order chi connectivity index (χ1) is 6.72. The third kappa shape index (κ3) is 1.48. The van der Waals surface area contributed by atoms with Gasteiger partial charge in [-0.2, -0.15) is 0 Å². The van der Waals surface area contributed by atoms with E-state index in [2.05, 4.69) is 15.9 Å². The molecule has 0 N–H and O–H groups in total.